The number of hydrogen-bond donors (Lipinski definition) is 0. The molecule has 0 aromatic heterocycles. The second kappa shape index (κ2) is 4.75. The summed E-state index contributed by atoms with van der Waals surface area (Å²) in [5, 5.41) is 0. The summed E-state index contributed by atoms with van der Waals surface area (Å²) in [4.78, 5) is 11.4. The molecule has 0 spiro atoms. The lowest BCUT2D eigenvalue weighted by Gasteiger charge is -2.39. The number of ether oxygens (including phenoxy) is 1. The van der Waals surface area contributed by atoms with Crippen molar-refractivity contribution < 1.29 is 40.3 Å². The molecule has 2 saturated carbocycles. The van der Waals surface area contributed by atoms with Crippen LogP contribution in [-0.2, 0) is 9.53 Å². The van der Waals surface area contributed by atoms with Gasteiger partial charge in [0.15, 0.2) is 0 Å². The number of rotatable bonds is 3. The first kappa shape index (κ1) is 18.3. The molecule has 0 radical (unpaired) electrons. The molecule has 0 N–H and O–H groups in total. The molecule has 0 amide bonds. The Kier molecular flexibility index (Phi) is 3.79. The molecular weight excluding hydrogens is 333 g/mol. The lowest BCUT2D eigenvalue weighted by molar-refractivity contribution is -0.349. The molecule has 3 atom stereocenters. The highest BCUT2D eigenvalue weighted by atomic mass is 19.4. The molecule has 2 aliphatic carbocycles. The van der Waals surface area contributed by atoms with E-state index in [0.29, 0.717) is 6.42 Å². The first-order valence-corrected chi connectivity index (χ1v) is 7.12. The summed E-state index contributed by atoms with van der Waals surface area (Å²) in [6, 6.07) is 0. The Morgan fingerprint density at radius 3 is 1.91 bits per heavy atom. The number of alkyl halides is 7. The van der Waals surface area contributed by atoms with E-state index < -0.39 is 35.5 Å². The zero-order valence-electron chi connectivity index (χ0n) is 12.7. The number of halogens is 7. The maximum Gasteiger partial charge on any atom is 0.460 e. The minimum atomic E-state index is -6.55. The summed E-state index contributed by atoms with van der Waals surface area (Å²) in [5.41, 5.74) is -1.10. The molecule has 2 fully saturated rings. The maximum absolute atomic E-state index is 13.4. The highest BCUT2D eigenvalue weighted by Gasteiger charge is 2.78. The highest BCUT2D eigenvalue weighted by molar-refractivity contribution is 5.79. The van der Waals surface area contributed by atoms with Gasteiger partial charge in [-0.1, -0.05) is 20.8 Å². The van der Waals surface area contributed by atoms with Crippen LogP contribution >= 0.6 is 0 Å². The fourth-order valence-electron chi connectivity index (χ4n) is 3.82. The van der Waals surface area contributed by atoms with Crippen LogP contribution in [0.3, 0.4) is 0 Å². The van der Waals surface area contributed by atoms with E-state index in [9.17, 15) is 35.5 Å². The third-order valence-electron chi connectivity index (χ3n) is 5.97. The summed E-state index contributed by atoms with van der Waals surface area (Å²) in [6.45, 7) is 5.37. The van der Waals surface area contributed by atoms with E-state index in [-0.39, 0.29) is 17.8 Å². The molecule has 2 bridgehead atoms. The third kappa shape index (κ3) is 2.25. The fourth-order valence-corrected chi connectivity index (χ4v) is 3.82. The predicted octanol–water partition coefficient (Wildman–Crippen LogP) is 4.58. The van der Waals surface area contributed by atoms with Crippen LogP contribution in [0.5, 0.6) is 0 Å². The second-order valence-corrected chi connectivity index (χ2v) is 7.15. The number of fused-ring (bicyclic) bond motifs is 2. The van der Waals surface area contributed by atoms with Gasteiger partial charge in [-0.15, -0.1) is 0 Å². The van der Waals surface area contributed by atoms with Gasteiger partial charge in [0.1, 0.15) is 6.10 Å². The maximum atomic E-state index is 13.4. The van der Waals surface area contributed by atoms with Crippen LogP contribution in [0.4, 0.5) is 30.7 Å². The normalized spacial score (nSPS) is 33.8. The van der Waals surface area contributed by atoms with E-state index in [1.165, 1.54) is 0 Å². The average Bonchev–Trinajstić information content (AvgIpc) is 2.70. The van der Waals surface area contributed by atoms with Crippen molar-refractivity contribution in [2.24, 2.45) is 16.7 Å². The molecule has 0 aromatic rings. The number of carbonyl (C=O) groups excluding carboxylic acids is 1. The van der Waals surface area contributed by atoms with Crippen molar-refractivity contribution >= 4 is 5.97 Å². The molecule has 0 aromatic carbocycles. The van der Waals surface area contributed by atoms with E-state index >= 15 is 0 Å². The van der Waals surface area contributed by atoms with Gasteiger partial charge in [-0.05, 0) is 30.6 Å². The van der Waals surface area contributed by atoms with E-state index in [1.807, 2.05) is 13.8 Å². The second-order valence-electron chi connectivity index (χ2n) is 7.15. The zero-order chi connectivity index (χ0) is 18.1. The highest BCUT2D eigenvalue weighted by Crippen LogP contribution is 2.66. The summed E-state index contributed by atoms with van der Waals surface area (Å²) >= 11 is 0. The summed E-state index contributed by atoms with van der Waals surface area (Å²) in [7, 11) is 0. The Morgan fingerprint density at radius 2 is 1.57 bits per heavy atom. The molecule has 0 heterocycles. The third-order valence-corrected chi connectivity index (χ3v) is 5.97. The van der Waals surface area contributed by atoms with Crippen LogP contribution in [0, 0.1) is 16.7 Å². The number of carbonyl (C=O) groups is 1. The average molecular weight is 350 g/mol. The van der Waals surface area contributed by atoms with E-state index in [0.717, 1.165) is 6.42 Å². The molecule has 3 unspecified atom stereocenters. The van der Waals surface area contributed by atoms with Crippen LogP contribution in [0.15, 0.2) is 0 Å². The Balaban J connectivity index is 2.21. The van der Waals surface area contributed by atoms with Crippen LogP contribution in [0.25, 0.3) is 0 Å². The van der Waals surface area contributed by atoms with E-state index in [4.69, 9.17) is 0 Å². The lowest BCUT2D eigenvalue weighted by Crippen LogP contribution is -2.57. The Bertz CT molecular complexity index is 512. The first-order chi connectivity index (χ1) is 10.1. The van der Waals surface area contributed by atoms with Gasteiger partial charge in [-0.25, -0.2) is 4.79 Å². The minimum absolute atomic E-state index is 0.0436. The van der Waals surface area contributed by atoms with Crippen molar-refractivity contribution in [1.82, 2.24) is 0 Å². The molecule has 0 saturated heterocycles. The Labute approximate surface area is 128 Å². The van der Waals surface area contributed by atoms with E-state index in [1.54, 1.807) is 6.92 Å². The van der Waals surface area contributed by atoms with Gasteiger partial charge in [-0.2, -0.15) is 30.7 Å². The van der Waals surface area contributed by atoms with Gasteiger partial charge in [0.25, 0.3) is 0 Å². The van der Waals surface area contributed by atoms with Gasteiger partial charge in [0.05, 0.1) is 0 Å². The van der Waals surface area contributed by atoms with E-state index in [2.05, 4.69) is 4.74 Å². The van der Waals surface area contributed by atoms with Crippen LogP contribution in [0.1, 0.15) is 40.0 Å². The van der Waals surface area contributed by atoms with Gasteiger partial charge < -0.3 is 4.74 Å². The Morgan fingerprint density at radius 1 is 1.04 bits per heavy atom. The van der Waals surface area contributed by atoms with Crippen molar-refractivity contribution in [3.8, 4) is 0 Å². The quantitative estimate of drug-likeness (QED) is 0.550. The summed E-state index contributed by atoms with van der Waals surface area (Å²) in [6.07, 6.45) is -6.16. The molecule has 134 valence electrons. The van der Waals surface area contributed by atoms with Crippen molar-refractivity contribution in [3.63, 3.8) is 0 Å². The molecule has 2 rings (SSSR count). The standard InChI is InChI=1S/C14H17F7O2/c1-10(2)7-4-5-11(10,3)8(6-7)23-9(22)12(15,16)13(17,18)14(19,20)21/h7-8H,4-6H2,1-3H3. The summed E-state index contributed by atoms with van der Waals surface area (Å²) < 4.78 is 93.3. The lowest BCUT2D eigenvalue weighted by atomic mass is 9.70. The first-order valence-electron chi connectivity index (χ1n) is 7.12. The van der Waals surface area contributed by atoms with Crippen molar-refractivity contribution in [3.05, 3.63) is 0 Å². The predicted molar refractivity (Wildman–Crippen MR) is 65.1 cm³/mol. The Hall–Kier alpha value is -1.02. The van der Waals surface area contributed by atoms with Gasteiger partial charge >= 0.3 is 24.0 Å². The molecule has 9 heteroatoms. The monoisotopic (exact) mass is 350 g/mol. The number of hydrogen-bond acceptors (Lipinski definition) is 2. The molecule has 2 aliphatic rings. The topological polar surface area (TPSA) is 26.3 Å². The summed E-state index contributed by atoms with van der Waals surface area (Å²) in [5.74, 6) is -15.2. The minimum Gasteiger partial charge on any atom is -0.457 e. The number of esters is 1. The van der Waals surface area contributed by atoms with Crippen molar-refractivity contribution in [2.75, 3.05) is 0 Å². The molecular formula is C14H17F7O2. The SMILES string of the molecule is CC1(C)C2CCC1(C)C(OC(=O)C(F)(F)C(F)(F)C(F)(F)F)C2. The van der Waals surface area contributed by atoms with Crippen LogP contribution in [0.2, 0.25) is 0 Å². The molecule has 0 aliphatic heterocycles. The van der Waals surface area contributed by atoms with Crippen LogP contribution in [-0.4, -0.2) is 30.1 Å². The van der Waals surface area contributed by atoms with Crippen LogP contribution < -0.4 is 0 Å². The smallest absolute Gasteiger partial charge is 0.457 e. The van der Waals surface area contributed by atoms with Crippen molar-refractivity contribution in [2.45, 2.75) is 64.2 Å². The molecule has 23 heavy (non-hydrogen) atoms. The van der Waals surface area contributed by atoms with Gasteiger partial charge in [0.2, 0.25) is 0 Å². The largest absolute Gasteiger partial charge is 0.460 e. The van der Waals surface area contributed by atoms with Gasteiger partial charge in [0, 0.05) is 5.41 Å². The van der Waals surface area contributed by atoms with Gasteiger partial charge in [-0.3, -0.25) is 0 Å². The van der Waals surface area contributed by atoms with Crippen molar-refractivity contribution in [1.29, 1.82) is 0 Å². The zero-order valence-corrected chi connectivity index (χ0v) is 12.7. The molecule has 2 nitrogen and oxygen atoms in total. The fraction of sp³-hybridized carbons (Fsp3) is 0.929.